The number of hydrogen-bond donors (Lipinski definition) is 1. The summed E-state index contributed by atoms with van der Waals surface area (Å²) in [5.41, 5.74) is 4.77. The number of anilines is 1. The molecule has 0 spiro atoms. The predicted molar refractivity (Wildman–Crippen MR) is 82.0 cm³/mol. The average Bonchev–Trinajstić information content (AvgIpc) is 2.53. The molecule has 8 nitrogen and oxygen atoms in total. The van der Waals surface area contributed by atoms with E-state index in [9.17, 15) is 20.2 Å². The maximum Gasteiger partial charge on any atom is 0.269 e. The van der Waals surface area contributed by atoms with Crippen LogP contribution in [0, 0.1) is 20.2 Å². The van der Waals surface area contributed by atoms with Crippen molar-refractivity contribution in [1.82, 2.24) is 0 Å². The molecular weight excluding hydrogens is 288 g/mol. The van der Waals surface area contributed by atoms with Gasteiger partial charge in [-0.3, -0.25) is 25.7 Å². The van der Waals surface area contributed by atoms with E-state index in [1.54, 1.807) is 31.2 Å². The van der Waals surface area contributed by atoms with Crippen LogP contribution in [0.4, 0.5) is 17.1 Å². The number of nitro groups is 2. The first-order chi connectivity index (χ1) is 10.5. The van der Waals surface area contributed by atoms with Crippen LogP contribution in [-0.4, -0.2) is 15.6 Å². The van der Waals surface area contributed by atoms with Gasteiger partial charge in [-0.15, -0.1) is 0 Å². The summed E-state index contributed by atoms with van der Waals surface area (Å²) >= 11 is 0. The fourth-order valence-electron chi connectivity index (χ4n) is 1.69. The second-order valence-corrected chi connectivity index (χ2v) is 4.42. The minimum atomic E-state index is -0.477. The molecule has 0 aliphatic heterocycles. The SMILES string of the molecule is C/C(=N\Nc1ccc([N+](=O)[O-])cc1)c1ccc([N+](=O)[O-])cc1. The van der Waals surface area contributed by atoms with E-state index < -0.39 is 9.85 Å². The molecule has 2 rings (SSSR count). The minimum absolute atomic E-state index is 0.00150. The van der Waals surface area contributed by atoms with Crippen molar-refractivity contribution < 1.29 is 9.85 Å². The van der Waals surface area contributed by atoms with Crippen LogP contribution in [0.5, 0.6) is 0 Å². The summed E-state index contributed by atoms with van der Waals surface area (Å²) < 4.78 is 0. The summed E-state index contributed by atoms with van der Waals surface area (Å²) in [6.45, 7) is 1.75. The molecule has 22 heavy (non-hydrogen) atoms. The Morgan fingerprint density at radius 1 is 0.909 bits per heavy atom. The molecule has 0 bridgehead atoms. The molecule has 2 aromatic rings. The number of hydrogen-bond acceptors (Lipinski definition) is 6. The number of nitrogens with zero attached hydrogens (tertiary/aromatic N) is 3. The summed E-state index contributed by atoms with van der Waals surface area (Å²) in [4.78, 5) is 20.2. The van der Waals surface area contributed by atoms with Gasteiger partial charge in [0.25, 0.3) is 11.4 Å². The van der Waals surface area contributed by atoms with Gasteiger partial charge < -0.3 is 0 Å². The van der Waals surface area contributed by atoms with E-state index in [4.69, 9.17) is 0 Å². The number of benzene rings is 2. The fraction of sp³-hybridized carbons (Fsp3) is 0.0714. The third-order valence-electron chi connectivity index (χ3n) is 2.93. The van der Waals surface area contributed by atoms with Crippen molar-refractivity contribution in [3.63, 3.8) is 0 Å². The smallest absolute Gasteiger partial charge is 0.269 e. The standard InChI is InChI=1S/C14H12N4O4/c1-10(11-2-6-13(7-3-11)17(19)20)15-16-12-4-8-14(9-5-12)18(21)22/h2-9,16H,1H3/b15-10+. The Labute approximate surface area is 125 Å². The molecule has 0 aromatic heterocycles. The van der Waals surface area contributed by atoms with Crippen molar-refractivity contribution >= 4 is 22.8 Å². The zero-order chi connectivity index (χ0) is 16.1. The molecule has 1 N–H and O–H groups in total. The van der Waals surface area contributed by atoms with Crippen LogP contribution >= 0.6 is 0 Å². The lowest BCUT2D eigenvalue weighted by Gasteiger charge is -2.03. The highest BCUT2D eigenvalue weighted by Crippen LogP contribution is 2.16. The molecule has 112 valence electrons. The van der Waals surface area contributed by atoms with Gasteiger partial charge in [0.1, 0.15) is 0 Å². The van der Waals surface area contributed by atoms with Crippen LogP contribution in [0.15, 0.2) is 53.6 Å². The second-order valence-electron chi connectivity index (χ2n) is 4.42. The van der Waals surface area contributed by atoms with E-state index in [-0.39, 0.29) is 11.4 Å². The van der Waals surface area contributed by atoms with E-state index in [0.29, 0.717) is 11.4 Å². The lowest BCUT2D eigenvalue weighted by molar-refractivity contribution is -0.385. The van der Waals surface area contributed by atoms with Crippen LogP contribution in [-0.2, 0) is 0 Å². The van der Waals surface area contributed by atoms with Crippen molar-refractivity contribution in [1.29, 1.82) is 0 Å². The van der Waals surface area contributed by atoms with Crippen molar-refractivity contribution in [2.75, 3.05) is 5.43 Å². The highest BCUT2D eigenvalue weighted by molar-refractivity contribution is 5.99. The molecule has 0 fully saturated rings. The molecule has 0 heterocycles. The van der Waals surface area contributed by atoms with E-state index in [0.717, 1.165) is 5.56 Å². The van der Waals surface area contributed by atoms with Crippen molar-refractivity contribution in [2.45, 2.75) is 6.92 Å². The lowest BCUT2D eigenvalue weighted by Crippen LogP contribution is -2.00. The van der Waals surface area contributed by atoms with Gasteiger partial charge in [-0.1, -0.05) is 0 Å². The third kappa shape index (κ3) is 3.63. The normalized spacial score (nSPS) is 11.0. The van der Waals surface area contributed by atoms with Gasteiger partial charge in [-0.25, -0.2) is 0 Å². The Kier molecular flexibility index (Phi) is 4.42. The Morgan fingerprint density at radius 2 is 1.36 bits per heavy atom. The van der Waals surface area contributed by atoms with E-state index in [2.05, 4.69) is 10.5 Å². The maximum atomic E-state index is 10.6. The largest absolute Gasteiger partial charge is 0.278 e. The van der Waals surface area contributed by atoms with Crippen molar-refractivity contribution in [3.05, 3.63) is 74.3 Å². The van der Waals surface area contributed by atoms with Crippen LogP contribution in [0.3, 0.4) is 0 Å². The number of hydrazone groups is 1. The van der Waals surface area contributed by atoms with Crippen LogP contribution in [0.2, 0.25) is 0 Å². The van der Waals surface area contributed by atoms with Gasteiger partial charge in [0, 0.05) is 24.3 Å². The number of nitrogens with one attached hydrogen (secondary N) is 1. The zero-order valence-corrected chi connectivity index (χ0v) is 11.6. The second kappa shape index (κ2) is 6.44. The third-order valence-corrected chi connectivity index (χ3v) is 2.93. The monoisotopic (exact) mass is 300 g/mol. The zero-order valence-electron chi connectivity index (χ0n) is 11.6. The first-order valence-electron chi connectivity index (χ1n) is 6.27. The highest BCUT2D eigenvalue weighted by atomic mass is 16.6. The average molecular weight is 300 g/mol. The molecule has 0 amide bonds. The Morgan fingerprint density at radius 3 is 1.82 bits per heavy atom. The van der Waals surface area contributed by atoms with Gasteiger partial charge in [-0.05, 0) is 36.8 Å². The number of non-ortho nitro benzene ring substituents is 2. The minimum Gasteiger partial charge on any atom is -0.278 e. The van der Waals surface area contributed by atoms with E-state index in [1.165, 1.54) is 24.3 Å². The highest BCUT2D eigenvalue weighted by Gasteiger charge is 2.06. The lowest BCUT2D eigenvalue weighted by atomic mass is 10.1. The predicted octanol–water partition coefficient (Wildman–Crippen LogP) is 3.34. The maximum absolute atomic E-state index is 10.6. The summed E-state index contributed by atoms with van der Waals surface area (Å²) in [7, 11) is 0. The van der Waals surface area contributed by atoms with Crippen LogP contribution in [0.25, 0.3) is 0 Å². The molecule has 0 saturated heterocycles. The van der Waals surface area contributed by atoms with Crippen molar-refractivity contribution in [3.8, 4) is 0 Å². The van der Waals surface area contributed by atoms with E-state index >= 15 is 0 Å². The van der Waals surface area contributed by atoms with Crippen LogP contribution < -0.4 is 5.43 Å². The van der Waals surface area contributed by atoms with Gasteiger partial charge in [0.05, 0.1) is 21.2 Å². The summed E-state index contributed by atoms with van der Waals surface area (Å²) in [5.74, 6) is 0. The van der Waals surface area contributed by atoms with Crippen molar-refractivity contribution in [2.24, 2.45) is 5.10 Å². The number of rotatable bonds is 5. The Bertz CT molecular complexity index is 724. The Hall–Kier alpha value is -3.29. The van der Waals surface area contributed by atoms with Crippen LogP contribution in [0.1, 0.15) is 12.5 Å². The van der Waals surface area contributed by atoms with Gasteiger partial charge in [0.2, 0.25) is 0 Å². The molecule has 0 atom stereocenters. The summed E-state index contributed by atoms with van der Waals surface area (Å²) in [5, 5.41) is 25.3. The van der Waals surface area contributed by atoms with Gasteiger partial charge in [-0.2, -0.15) is 5.10 Å². The van der Waals surface area contributed by atoms with E-state index in [1.807, 2.05) is 0 Å². The molecule has 0 aliphatic rings. The molecule has 2 aromatic carbocycles. The van der Waals surface area contributed by atoms with Gasteiger partial charge in [0.15, 0.2) is 0 Å². The topological polar surface area (TPSA) is 111 Å². The molecule has 0 unspecified atom stereocenters. The summed E-state index contributed by atoms with van der Waals surface area (Å²) in [6.07, 6.45) is 0. The Balaban J connectivity index is 2.08. The first kappa shape index (κ1) is 15.1. The molecule has 0 radical (unpaired) electrons. The number of nitro benzene ring substituents is 2. The quantitative estimate of drug-likeness (QED) is 0.517. The molecule has 0 saturated carbocycles. The molecule has 8 heteroatoms. The molecular formula is C14H12N4O4. The molecule has 0 aliphatic carbocycles. The summed E-state index contributed by atoms with van der Waals surface area (Å²) in [6, 6.07) is 11.9. The van der Waals surface area contributed by atoms with Gasteiger partial charge >= 0.3 is 0 Å². The first-order valence-corrected chi connectivity index (χ1v) is 6.27. The fourth-order valence-corrected chi connectivity index (χ4v) is 1.69.